The topological polar surface area (TPSA) is 58.1 Å². The Bertz CT molecular complexity index is 334. The van der Waals surface area contributed by atoms with E-state index in [9.17, 15) is 0 Å². The van der Waals surface area contributed by atoms with Crippen molar-refractivity contribution in [2.75, 3.05) is 59.6 Å². The minimum atomic E-state index is 0. The lowest BCUT2D eigenvalue weighted by Crippen LogP contribution is -2.39. The smallest absolute Gasteiger partial charge is 0.190 e. The van der Waals surface area contributed by atoms with Gasteiger partial charge in [0.1, 0.15) is 0 Å². The van der Waals surface area contributed by atoms with E-state index in [4.69, 9.17) is 9.47 Å². The van der Waals surface area contributed by atoms with Gasteiger partial charge in [-0.3, -0.25) is 4.99 Å². The van der Waals surface area contributed by atoms with Gasteiger partial charge in [-0.15, -0.1) is 24.0 Å². The molecule has 0 saturated carbocycles. The van der Waals surface area contributed by atoms with Gasteiger partial charge in [0.2, 0.25) is 0 Å². The first-order valence-corrected chi connectivity index (χ1v) is 10.2. The monoisotopic (exact) mass is 484 g/mol. The van der Waals surface area contributed by atoms with E-state index in [0.717, 1.165) is 64.7 Å². The van der Waals surface area contributed by atoms with Crippen molar-refractivity contribution in [1.29, 1.82) is 0 Å². The summed E-state index contributed by atoms with van der Waals surface area (Å²) in [6.45, 7) is 12.3. The second kappa shape index (κ2) is 18.3. The zero-order valence-electron chi connectivity index (χ0n) is 17.1. The maximum absolute atomic E-state index is 5.67. The standard InChI is InChI=1S/C19H40N4O2.HI/c1-4-12-23(13-5-2)14-7-10-21-19(20-3)22-11-8-15-24-17-18-9-6-16-25-18;/h18H,4-17H2,1-3H3,(H2,20,21,22);1H. The molecule has 0 bridgehead atoms. The summed E-state index contributed by atoms with van der Waals surface area (Å²) >= 11 is 0. The highest BCUT2D eigenvalue weighted by molar-refractivity contribution is 14.0. The van der Waals surface area contributed by atoms with Crippen molar-refractivity contribution in [2.24, 2.45) is 4.99 Å². The van der Waals surface area contributed by atoms with E-state index in [1.54, 1.807) is 0 Å². The highest BCUT2D eigenvalue weighted by Crippen LogP contribution is 2.11. The number of hydrogen-bond acceptors (Lipinski definition) is 4. The molecule has 1 aliphatic rings. The number of halogens is 1. The first-order valence-electron chi connectivity index (χ1n) is 10.2. The third kappa shape index (κ3) is 13.1. The summed E-state index contributed by atoms with van der Waals surface area (Å²) in [6, 6.07) is 0. The molecule has 26 heavy (non-hydrogen) atoms. The van der Waals surface area contributed by atoms with Crippen LogP contribution in [0.4, 0.5) is 0 Å². The highest BCUT2D eigenvalue weighted by atomic mass is 127. The van der Waals surface area contributed by atoms with Crippen molar-refractivity contribution in [3.63, 3.8) is 0 Å². The molecule has 1 atom stereocenters. The lowest BCUT2D eigenvalue weighted by molar-refractivity contribution is 0.0168. The minimum absolute atomic E-state index is 0. The van der Waals surface area contributed by atoms with E-state index in [-0.39, 0.29) is 24.0 Å². The molecule has 0 amide bonds. The molecule has 0 aromatic carbocycles. The van der Waals surface area contributed by atoms with Gasteiger partial charge in [0.15, 0.2) is 5.96 Å². The van der Waals surface area contributed by atoms with Crippen LogP contribution in [0.5, 0.6) is 0 Å². The molecule has 0 aliphatic carbocycles. The van der Waals surface area contributed by atoms with Gasteiger partial charge in [0.05, 0.1) is 12.7 Å². The fourth-order valence-corrected chi connectivity index (χ4v) is 3.07. The fraction of sp³-hybridized carbons (Fsp3) is 0.947. The summed E-state index contributed by atoms with van der Waals surface area (Å²) in [5, 5.41) is 6.75. The molecule has 1 heterocycles. The SMILES string of the molecule is CCCN(CCC)CCCNC(=NC)NCCCOCC1CCCO1.I. The molecule has 0 radical (unpaired) electrons. The summed E-state index contributed by atoms with van der Waals surface area (Å²) in [7, 11) is 1.82. The highest BCUT2D eigenvalue weighted by Gasteiger charge is 2.14. The van der Waals surface area contributed by atoms with E-state index in [0.29, 0.717) is 6.10 Å². The van der Waals surface area contributed by atoms with Gasteiger partial charge in [-0.25, -0.2) is 0 Å². The Balaban J connectivity index is 0.00000625. The van der Waals surface area contributed by atoms with Crippen molar-refractivity contribution >= 4 is 29.9 Å². The van der Waals surface area contributed by atoms with Gasteiger partial charge >= 0.3 is 0 Å². The Hall–Kier alpha value is -0.120. The lowest BCUT2D eigenvalue weighted by Gasteiger charge is -2.21. The first-order chi connectivity index (χ1) is 12.3. The number of nitrogens with zero attached hydrogens (tertiary/aromatic N) is 2. The summed E-state index contributed by atoms with van der Waals surface area (Å²) in [5.74, 6) is 0.886. The zero-order valence-corrected chi connectivity index (χ0v) is 19.4. The maximum Gasteiger partial charge on any atom is 0.190 e. The van der Waals surface area contributed by atoms with Crippen LogP contribution >= 0.6 is 24.0 Å². The van der Waals surface area contributed by atoms with Crippen molar-refractivity contribution in [3.8, 4) is 0 Å². The first kappa shape index (κ1) is 25.9. The Kier molecular flexibility index (Phi) is 18.2. The van der Waals surface area contributed by atoms with Gasteiger partial charge in [-0.1, -0.05) is 13.8 Å². The van der Waals surface area contributed by atoms with Gasteiger partial charge in [0.25, 0.3) is 0 Å². The lowest BCUT2D eigenvalue weighted by atomic mass is 10.2. The maximum atomic E-state index is 5.67. The van der Waals surface area contributed by atoms with Gasteiger partial charge in [-0.05, 0) is 58.2 Å². The Morgan fingerprint density at radius 1 is 1.12 bits per heavy atom. The van der Waals surface area contributed by atoms with Crippen LogP contribution < -0.4 is 10.6 Å². The molecule has 7 heteroatoms. The number of aliphatic imine (C=N–C) groups is 1. The molecule has 0 spiro atoms. The van der Waals surface area contributed by atoms with Crippen LogP contribution in [0.25, 0.3) is 0 Å². The minimum Gasteiger partial charge on any atom is -0.379 e. The van der Waals surface area contributed by atoms with Crippen LogP contribution in [-0.2, 0) is 9.47 Å². The van der Waals surface area contributed by atoms with E-state index < -0.39 is 0 Å². The molecule has 0 aromatic heterocycles. The molecule has 156 valence electrons. The van der Waals surface area contributed by atoms with Crippen molar-refractivity contribution in [3.05, 3.63) is 0 Å². The number of nitrogens with one attached hydrogen (secondary N) is 2. The predicted molar refractivity (Wildman–Crippen MR) is 121 cm³/mol. The Morgan fingerprint density at radius 2 is 1.81 bits per heavy atom. The quantitative estimate of drug-likeness (QED) is 0.172. The molecule has 0 aromatic rings. The molecule has 1 fully saturated rings. The zero-order chi connectivity index (χ0) is 18.2. The van der Waals surface area contributed by atoms with Crippen LogP contribution in [-0.4, -0.2) is 76.6 Å². The molecule has 6 nitrogen and oxygen atoms in total. The average Bonchev–Trinajstić information content (AvgIpc) is 3.13. The molecular weight excluding hydrogens is 443 g/mol. The van der Waals surface area contributed by atoms with Crippen LogP contribution in [0.15, 0.2) is 4.99 Å². The van der Waals surface area contributed by atoms with Gasteiger partial charge in [0, 0.05) is 33.4 Å². The summed E-state index contributed by atoms with van der Waals surface area (Å²) in [5.41, 5.74) is 0. The van der Waals surface area contributed by atoms with E-state index in [1.165, 1.54) is 32.4 Å². The van der Waals surface area contributed by atoms with Crippen LogP contribution in [0.1, 0.15) is 52.4 Å². The van der Waals surface area contributed by atoms with E-state index in [2.05, 4.69) is 34.4 Å². The van der Waals surface area contributed by atoms with Crippen molar-refractivity contribution in [1.82, 2.24) is 15.5 Å². The fourth-order valence-electron chi connectivity index (χ4n) is 3.07. The third-order valence-corrected chi connectivity index (χ3v) is 4.33. The number of hydrogen-bond donors (Lipinski definition) is 2. The van der Waals surface area contributed by atoms with Gasteiger partial charge in [-0.2, -0.15) is 0 Å². The Labute approximate surface area is 177 Å². The molecule has 1 saturated heterocycles. The summed E-state index contributed by atoms with van der Waals surface area (Å²) in [6.07, 6.45) is 7.22. The van der Waals surface area contributed by atoms with Crippen molar-refractivity contribution in [2.45, 2.75) is 58.5 Å². The number of guanidine groups is 1. The Morgan fingerprint density at radius 3 is 2.38 bits per heavy atom. The molecule has 2 N–H and O–H groups in total. The number of rotatable bonds is 14. The molecule has 1 aliphatic heterocycles. The van der Waals surface area contributed by atoms with Crippen molar-refractivity contribution < 1.29 is 9.47 Å². The van der Waals surface area contributed by atoms with Crippen LogP contribution in [0.2, 0.25) is 0 Å². The van der Waals surface area contributed by atoms with E-state index in [1.807, 2.05) is 7.05 Å². The second-order valence-corrected chi connectivity index (χ2v) is 6.68. The second-order valence-electron chi connectivity index (χ2n) is 6.68. The molecule has 1 rings (SSSR count). The average molecular weight is 484 g/mol. The number of ether oxygens (including phenoxy) is 2. The van der Waals surface area contributed by atoms with Crippen LogP contribution in [0.3, 0.4) is 0 Å². The summed E-state index contributed by atoms with van der Waals surface area (Å²) < 4.78 is 11.2. The molecular formula is C19H41IN4O2. The largest absolute Gasteiger partial charge is 0.379 e. The normalized spacial score (nSPS) is 17.4. The van der Waals surface area contributed by atoms with Gasteiger partial charge < -0.3 is 25.0 Å². The predicted octanol–water partition coefficient (Wildman–Crippen LogP) is 2.87. The van der Waals surface area contributed by atoms with E-state index >= 15 is 0 Å². The molecule has 1 unspecified atom stereocenters. The third-order valence-electron chi connectivity index (χ3n) is 4.33. The van der Waals surface area contributed by atoms with Crippen LogP contribution in [0, 0.1) is 0 Å². The summed E-state index contributed by atoms with van der Waals surface area (Å²) in [4.78, 5) is 6.82.